The lowest BCUT2D eigenvalue weighted by molar-refractivity contribution is 0.679. The van der Waals surface area contributed by atoms with Gasteiger partial charge in [-0.05, 0) is 31.9 Å². The van der Waals surface area contributed by atoms with Crippen LogP contribution in [-0.2, 0) is 10.8 Å². The van der Waals surface area contributed by atoms with Crippen LogP contribution >= 0.6 is 11.3 Å². The Labute approximate surface area is 108 Å². The van der Waals surface area contributed by atoms with Crippen molar-refractivity contribution >= 4 is 32.4 Å². The van der Waals surface area contributed by atoms with Gasteiger partial charge in [0.2, 0.25) is 0 Å². The lowest BCUT2D eigenvalue weighted by Gasteiger charge is -1.98. The Morgan fingerprint density at radius 1 is 1.47 bits per heavy atom. The van der Waals surface area contributed by atoms with Crippen molar-refractivity contribution in [2.45, 2.75) is 24.1 Å². The van der Waals surface area contributed by atoms with Gasteiger partial charge >= 0.3 is 0 Å². The molecule has 2 aromatic rings. The van der Waals surface area contributed by atoms with E-state index in [1.54, 1.807) is 0 Å². The average molecular weight is 265 g/mol. The molecule has 0 radical (unpaired) electrons. The van der Waals surface area contributed by atoms with Crippen LogP contribution in [0.2, 0.25) is 0 Å². The minimum atomic E-state index is -0.966. The van der Waals surface area contributed by atoms with Gasteiger partial charge in [0.05, 0.1) is 21.0 Å². The number of allylic oxidation sites excluding steroid dienone is 1. The number of rotatable bonds is 5. The second-order valence-corrected chi connectivity index (χ2v) is 6.83. The van der Waals surface area contributed by atoms with E-state index in [0.717, 1.165) is 33.0 Å². The van der Waals surface area contributed by atoms with Gasteiger partial charge in [-0.2, -0.15) is 0 Å². The van der Waals surface area contributed by atoms with Crippen LogP contribution in [0.4, 0.5) is 0 Å². The average Bonchev–Trinajstić information content (AvgIpc) is 2.71. The van der Waals surface area contributed by atoms with Gasteiger partial charge in [0.15, 0.2) is 4.34 Å². The molecule has 1 heterocycles. The summed E-state index contributed by atoms with van der Waals surface area (Å²) in [7, 11) is -0.966. The van der Waals surface area contributed by atoms with E-state index in [1.165, 1.54) is 11.3 Å². The second-order valence-electron chi connectivity index (χ2n) is 4.06. The molecule has 0 amide bonds. The highest BCUT2D eigenvalue weighted by Gasteiger charge is 2.09. The maximum atomic E-state index is 12.0. The van der Waals surface area contributed by atoms with E-state index in [4.69, 9.17) is 0 Å². The summed E-state index contributed by atoms with van der Waals surface area (Å²) < 4.78 is 13.9. The lowest BCUT2D eigenvalue weighted by atomic mass is 10.2. The van der Waals surface area contributed by atoms with Crippen LogP contribution in [0.3, 0.4) is 0 Å². The van der Waals surface area contributed by atoms with E-state index in [-0.39, 0.29) is 0 Å². The van der Waals surface area contributed by atoms with Gasteiger partial charge in [-0.15, -0.1) is 17.9 Å². The van der Waals surface area contributed by atoms with Crippen LogP contribution in [0.15, 0.2) is 40.8 Å². The first-order valence-electron chi connectivity index (χ1n) is 5.55. The number of hydrogen-bond donors (Lipinski definition) is 0. The van der Waals surface area contributed by atoms with Crippen molar-refractivity contribution in [3.8, 4) is 0 Å². The molecular formula is C13H15NOS2. The van der Waals surface area contributed by atoms with Gasteiger partial charge in [-0.25, -0.2) is 4.98 Å². The zero-order chi connectivity index (χ0) is 12.3. The first kappa shape index (κ1) is 12.5. The highest BCUT2D eigenvalue weighted by atomic mass is 32.2. The van der Waals surface area contributed by atoms with Gasteiger partial charge in [0.25, 0.3) is 0 Å². The molecule has 0 aliphatic heterocycles. The highest BCUT2D eigenvalue weighted by Crippen LogP contribution is 2.24. The molecule has 2 nitrogen and oxygen atoms in total. The zero-order valence-corrected chi connectivity index (χ0v) is 11.4. The Morgan fingerprint density at radius 2 is 2.24 bits per heavy atom. The molecule has 1 aromatic carbocycles. The molecule has 0 spiro atoms. The van der Waals surface area contributed by atoms with Crippen molar-refractivity contribution in [2.24, 2.45) is 0 Å². The summed E-state index contributed by atoms with van der Waals surface area (Å²) in [6, 6.07) is 7.91. The third-order valence-electron chi connectivity index (χ3n) is 2.40. The van der Waals surface area contributed by atoms with Crippen LogP contribution in [0.5, 0.6) is 0 Å². The maximum absolute atomic E-state index is 12.0. The SMILES string of the molecule is C=C(C)CCC[S@](=O)c1nc2ccccc2s1. The summed E-state index contributed by atoms with van der Waals surface area (Å²) in [5.41, 5.74) is 2.09. The Hall–Kier alpha value is -1.00. The number of thiazole rings is 1. The van der Waals surface area contributed by atoms with Gasteiger partial charge in [0.1, 0.15) is 0 Å². The quantitative estimate of drug-likeness (QED) is 0.770. The molecule has 2 rings (SSSR count). The van der Waals surface area contributed by atoms with Crippen LogP contribution in [0, 0.1) is 0 Å². The van der Waals surface area contributed by atoms with Gasteiger partial charge in [0, 0.05) is 5.75 Å². The number of nitrogens with zero attached hydrogens (tertiary/aromatic N) is 1. The van der Waals surface area contributed by atoms with Gasteiger partial charge < -0.3 is 0 Å². The Bertz CT molecular complexity index is 526. The molecule has 90 valence electrons. The minimum absolute atomic E-state index is 0.673. The molecule has 1 atom stereocenters. The summed E-state index contributed by atoms with van der Waals surface area (Å²) in [4.78, 5) is 4.41. The standard InChI is InChI=1S/C13H15NOS2/c1-10(2)6-5-9-17(15)13-14-11-7-3-4-8-12(11)16-13/h3-4,7-8H,1,5-6,9H2,2H3/t17-/m0/s1. The summed E-state index contributed by atoms with van der Waals surface area (Å²) >= 11 is 1.53. The van der Waals surface area contributed by atoms with Crippen LogP contribution < -0.4 is 0 Å². The molecule has 4 heteroatoms. The number of para-hydroxylation sites is 1. The zero-order valence-electron chi connectivity index (χ0n) is 9.81. The molecule has 0 aliphatic rings. The van der Waals surface area contributed by atoms with Crippen molar-refractivity contribution in [1.29, 1.82) is 0 Å². The molecular weight excluding hydrogens is 250 g/mol. The lowest BCUT2D eigenvalue weighted by Crippen LogP contribution is -1.97. The normalized spacial score (nSPS) is 12.8. The fraction of sp³-hybridized carbons (Fsp3) is 0.308. The predicted molar refractivity (Wildman–Crippen MR) is 74.9 cm³/mol. The third kappa shape index (κ3) is 3.23. The second kappa shape index (κ2) is 5.56. The summed E-state index contributed by atoms with van der Waals surface area (Å²) in [5.74, 6) is 0.673. The third-order valence-corrected chi connectivity index (χ3v) is 5.18. The molecule has 1 aromatic heterocycles. The Kier molecular flexibility index (Phi) is 4.07. The molecule has 0 aliphatic carbocycles. The molecule has 17 heavy (non-hydrogen) atoms. The largest absolute Gasteiger partial charge is 0.252 e. The van der Waals surface area contributed by atoms with E-state index in [2.05, 4.69) is 11.6 Å². The van der Waals surface area contributed by atoms with E-state index < -0.39 is 10.8 Å². The van der Waals surface area contributed by atoms with Crippen LogP contribution in [0.1, 0.15) is 19.8 Å². The smallest absolute Gasteiger partial charge is 0.181 e. The highest BCUT2D eigenvalue weighted by molar-refractivity contribution is 7.87. The van der Waals surface area contributed by atoms with Crippen LogP contribution in [0.25, 0.3) is 10.2 Å². The first-order valence-corrected chi connectivity index (χ1v) is 7.68. The monoisotopic (exact) mass is 265 g/mol. The maximum Gasteiger partial charge on any atom is 0.181 e. The van der Waals surface area contributed by atoms with E-state index in [1.807, 2.05) is 31.2 Å². The van der Waals surface area contributed by atoms with Crippen molar-refractivity contribution in [3.63, 3.8) is 0 Å². The first-order chi connectivity index (χ1) is 8.16. The topological polar surface area (TPSA) is 30.0 Å². The number of benzene rings is 1. The van der Waals surface area contributed by atoms with E-state index in [0.29, 0.717) is 5.75 Å². The summed E-state index contributed by atoms with van der Waals surface area (Å²) in [6.07, 6.45) is 1.86. The number of fused-ring (bicyclic) bond motifs is 1. The minimum Gasteiger partial charge on any atom is -0.252 e. The van der Waals surface area contributed by atoms with E-state index >= 15 is 0 Å². The molecule has 0 bridgehead atoms. The van der Waals surface area contributed by atoms with Crippen LogP contribution in [-0.4, -0.2) is 14.9 Å². The fourth-order valence-electron chi connectivity index (χ4n) is 1.54. The molecule has 0 saturated heterocycles. The van der Waals surface area contributed by atoms with Crippen molar-refractivity contribution < 1.29 is 4.21 Å². The summed E-state index contributed by atoms with van der Waals surface area (Å²) in [5, 5.41) is 0. The summed E-state index contributed by atoms with van der Waals surface area (Å²) in [6.45, 7) is 5.85. The van der Waals surface area contributed by atoms with E-state index in [9.17, 15) is 4.21 Å². The van der Waals surface area contributed by atoms with Gasteiger partial charge in [-0.3, -0.25) is 4.21 Å². The Balaban J connectivity index is 2.06. The number of aromatic nitrogens is 1. The van der Waals surface area contributed by atoms with Gasteiger partial charge in [-0.1, -0.05) is 17.7 Å². The van der Waals surface area contributed by atoms with Crippen molar-refractivity contribution in [3.05, 3.63) is 36.4 Å². The van der Waals surface area contributed by atoms with Crippen molar-refractivity contribution in [1.82, 2.24) is 4.98 Å². The number of hydrogen-bond acceptors (Lipinski definition) is 3. The molecule has 0 unspecified atom stereocenters. The molecule has 0 saturated carbocycles. The Morgan fingerprint density at radius 3 is 2.94 bits per heavy atom. The van der Waals surface area contributed by atoms with Crippen molar-refractivity contribution in [2.75, 3.05) is 5.75 Å². The molecule has 0 fully saturated rings. The molecule has 0 N–H and O–H groups in total. The fourth-order valence-corrected chi connectivity index (χ4v) is 3.91. The predicted octanol–water partition coefficient (Wildman–Crippen LogP) is 3.76.